The number of nitrogens with zero attached hydrogens (tertiary/aromatic N) is 1. The molecule has 0 spiro atoms. The van der Waals surface area contributed by atoms with Gasteiger partial charge in [-0.1, -0.05) is 11.6 Å². The number of rotatable bonds is 1. The third kappa shape index (κ3) is 2.38. The molecule has 1 aromatic rings. The van der Waals surface area contributed by atoms with Crippen LogP contribution in [0, 0.1) is 0 Å². The van der Waals surface area contributed by atoms with E-state index in [0.717, 1.165) is 19.4 Å². The van der Waals surface area contributed by atoms with Crippen molar-refractivity contribution in [3.8, 4) is 0 Å². The van der Waals surface area contributed by atoms with Gasteiger partial charge >= 0.3 is 0 Å². The van der Waals surface area contributed by atoms with E-state index in [4.69, 9.17) is 17.3 Å². The molecule has 1 fully saturated rings. The van der Waals surface area contributed by atoms with Gasteiger partial charge in [-0.3, -0.25) is 4.79 Å². The number of piperidine rings is 1. The number of nitrogens with two attached hydrogens (primary N) is 1. The Balaban J connectivity index is 2.25. The zero-order valence-electron chi connectivity index (χ0n) is 10.8. The van der Waals surface area contributed by atoms with Crippen LogP contribution in [0.5, 0.6) is 0 Å². The van der Waals surface area contributed by atoms with Crippen molar-refractivity contribution in [2.24, 2.45) is 5.73 Å². The summed E-state index contributed by atoms with van der Waals surface area (Å²) in [6.45, 7) is 4.83. The second-order valence-corrected chi connectivity index (χ2v) is 5.80. The van der Waals surface area contributed by atoms with Crippen LogP contribution in [0.25, 0.3) is 0 Å². The van der Waals surface area contributed by atoms with Crippen molar-refractivity contribution in [3.63, 3.8) is 0 Å². The van der Waals surface area contributed by atoms with Gasteiger partial charge < -0.3 is 10.6 Å². The standard InChI is InChI=1S/C14H19ClN2O/c1-14(2)12(16)4-3-9-17(14)13(18)10-5-7-11(15)8-6-10/h5-8,12H,3-4,9,16H2,1-2H3. The molecule has 0 aromatic heterocycles. The molecule has 4 heteroatoms. The summed E-state index contributed by atoms with van der Waals surface area (Å²) in [7, 11) is 0. The molecule has 1 saturated heterocycles. The van der Waals surface area contributed by atoms with Gasteiger partial charge in [0.1, 0.15) is 0 Å². The minimum Gasteiger partial charge on any atom is -0.332 e. The van der Waals surface area contributed by atoms with Crippen molar-refractivity contribution in [3.05, 3.63) is 34.9 Å². The first-order valence-corrected chi connectivity index (χ1v) is 6.64. The quantitative estimate of drug-likeness (QED) is 0.850. The van der Waals surface area contributed by atoms with Crippen LogP contribution in [-0.2, 0) is 0 Å². The summed E-state index contributed by atoms with van der Waals surface area (Å²) < 4.78 is 0. The van der Waals surface area contributed by atoms with E-state index in [1.54, 1.807) is 24.3 Å². The van der Waals surface area contributed by atoms with E-state index in [9.17, 15) is 4.79 Å². The van der Waals surface area contributed by atoms with Crippen molar-refractivity contribution < 1.29 is 4.79 Å². The minimum absolute atomic E-state index is 0.0301. The lowest BCUT2D eigenvalue weighted by Crippen LogP contribution is -2.61. The number of amides is 1. The van der Waals surface area contributed by atoms with E-state index in [-0.39, 0.29) is 17.5 Å². The van der Waals surface area contributed by atoms with Crippen LogP contribution in [0.2, 0.25) is 5.02 Å². The highest BCUT2D eigenvalue weighted by atomic mass is 35.5. The summed E-state index contributed by atoms with van der Waals surface area (Å²) in [5.41, 5.74) is 6.50. The Labute approximate surface area is 113 Å². The van der Waals surface area contributed by atoms with Crippen LogP contribution in [0.15, 0.2) is 24.3 Å². The second kappa shape index (κ2) is 4.90. The van der Waals surface area contributed by atoms with Crippen molar-refractivity contribution in [2.75, 3.05) is 6.54 Å². The van der Waals surface area contributed by atoms with Crippen LogP contribution in [-0.4, -0.2) is 28.9 Å². The van der Waals surface area contributed by atoms with Crippen LogP contribution in [0.4, 0.5) is 0 Å². The normalized spacial score (nSPS) is 22.9. The Bertz CT molecular complexity index is 442. The molecule has 2 rings (SSSR count). The highest BCUT2D eigenvalue weighted by molar-refractivity contribution is 6.30. The van der Waals surface area contributed by atoms with Crippen molar-refractivity contribution in [1.82, 2.24) is 4.90 Å². The number of likely N-dealkylation sites (tertiary alicyclic amines) is 1. The average molecular weight is 267 g/mol. The molecule has 98 valence electrons. The fourth-order valence-corrected chi connectivity index (χ4v) is 2.55. The molecular weight excluding hydrogens is 248 g/mol. The van der Waals surface area contributed by atoms with E-state index in [1.807, 2.05) is 18.7 Å². The highest BCUT2D eigenvalue weighted by Crippen LogP contribution is 2.28. The van der Waals surface area contributed by atoms with Gasteiger partial charge in [0.05, 0.1) is 5.54 Å². The Hall–Kier alpha value is -1.06. The first-order valence-electron chi connectivity index (χ1n) is 6.26. The molecule has 2 N–H and O–H groups in total. The Morgan fingerprint density at radius 2 is 2.00 bits per heavy atom. The van der Waals surface area contributed by atoms with Crippen molar-refractivity contribution >= 4 is 17.5 Å². The summed E-state index contributed by atoms with van der Waals surface area (Å²) in [6, 6.07) is 7.04. The molecule has 0 radical (unpaired) electrons. The number of carbonyl (C=O) groups is 1. The molecule has 18 heavy (non-hydrogen) atoms. The maximum Gasteiger partial charge on any atom is 0.254 e. The molecule has 1 unspecified atom stereocenters. The maximum atomic E-state index is 12.5. The summed E-state index contributed by atoms with van der Waals surface area (Å²) in [5, 5.41) is 0.640. The minimum atomic E-state index is -0.297. The van der Waals surface area contributed by atoms with Gasteiger partial charge in [-0.05, 0) is 51.0 Å². The van der Waals surface area contributed by atoms with Crippen molar-refractivity contribution in [1.29, 1.82) is 0 Å². The average Bonchev–Trinajstić information content (AvgIpc) is 2.33. The topological polar surface area (TPSA) is 46.3 Å². The van der Waals surface area contributed by atoms with E-state index in [2.05, 4.69) is 0 Å². The van der Waals surface area contributed by atoms with E-state index < -0.39 is 0 Å². The number of hydrogen-bond acceptors (Lipinski definition) is 2. The number of benzene rings is 1. The zero-order valence-corrected chi connectivity index (χ0v) is 11.6. The number of halogens is 1. The lowest BCUT2D eigenvalue weighted by Gasteiger charge is -2.46. The predicted octanol–water partition coefficient (Wildman–Crippen LogP) is 2.68. The largest absolute Gasteiger partial charge is 0.332 e. The van der Waals surface area contributed by atoms with Gasteiger partial charge in [-0.25, -0.2) is 0 Å². The molecule has 0 aliphatic carbocycles. The van der Waals surface area contributed by atoms with Gasteiger partial charge in [0.25, 0.3) is 5.91 Å². The summed E-state index contributed by atoms with van der Waals surface area (Å²) in [6.07, 6.45) is 1.93. The third-order valence-corrected chi connectivity index (χ3v) is 4.09. The van der Waals surface area contributed by atoms with E-state index in [1.165, 1.54) is 0 Å². The predicted molar refractivity (Wildman–Crippen MR) is 73.8 cm³/mol. The monoisotopic (exact) mass is 266 g/mol. The molecule has 1 amide bonds. The lowest BCUT2D eigenvalue weighted by atomic mass is 9.85. The van der Waals surface area contributed by atoms with E-state index in [0.29, 0.717) is 10.6 Å². The Morgan fingerprint density at radius 1 is 1.39 bits per heavy atom. The van der Waals surface area contributed by atoms with Crippen LogP contribution < -0.4 is 5.73 Å². The fraction of sp³-hybridized carbons (Fsp3) is 0.500. The second-order valence-electron chi connectivity index (χ2n) is 5.37. The molecule has 1 atom stereocenters. The van der Waals surface area contributed by atoms with Gasteiger partial charge in [-0.15, -0.1) is 0 Å². The molecule has 1 heterocycles. The van der Waals surface area contributed by atoms with Crippen LogP contribution >= 0.6 is 11.6 Å². The third-order valence-electron chi connectivity index (χ3n) is 3.84. The summed E-state index contributed by atoms with van der Waals surface area (Å²) in [4.78, 5) is 14.4. The summed E-state index contributed by atoms with van der Waals surface area (Å²) >= 11 is 5.84. The fourth-order valence-electron chi connectivity index (χ4n) is 2.42. The number of hydrogen-bond donors (Lipinski definition) is 1. The Kier molecular flexibility index (Phi) is 3.64. The molecule has 1 aromatic carbocycles. The molecule has 0 saturated carbocycles. The SMILES string of the molecule is CC1(C)C(N)CCCN1C(=O)c1ccc(Cl)cc1. The Morgan fingerprint density at radius 3 is 2.61 bits per heavy atom. The smallest absolute Gasteiger partial charge is 0.254 e. The van der Waals surface area contributed by atoms with Gasteiger partial charge in [0, 0.05) is 23.2 Å². The van der Waals surface area contributed by atoms with Crippen LogP contribution in [0.3, 0.4) is 0 Å². The molecule has 1 aliphatic rings. The van der Waals surface area contributed by atoms with Crippen LogP contribution in [0.1, 0.15) is 37.0 Å². The maximum absolute atomic E-state index is 12.5. The first kappa shape index (κ1) is 13.4. The van der Waals surface area contributed by atoms with Crippen molar-refractivity contribution in [2.45, 2.75) is 38.3 Å². The van der Waals surface area contributed by atoms with Gasteiger partial charge in [0.2, 0.25) is 0 Å². The lowest BCUT2D eigenvalue weighted by molar-refractivity contribution is 0.0362. The first-order chi connectivity index (χ1) is 8.43. The van der Waals surface area contributed by atoms with Gasteiger partial charge in [0.15, 0.2) is 0 Å². The molecular formula is C14H19ClN2O. The number of carbonyl (C=O) groups excluding carboxylic acids is 1. The molecule has 0 bridgehead atoms. The zero-order chi connectivity index (χ0) is 13.3. The highest BCUT2D eigenvalue weighted by Gasteiger charge is 2.39. The molecule has 1 aliphatic heterocycles. The van der Waals surface area contributed by atoms with Gasteiger partial charge in [-0.2, -0.15) is 0 Å². The van der Waals surface area contributed by atoms with E-state index >= 15 is 0 Å². The molecule has 3 nitrogen and oxygen atoms in total. The summed E-state index contributed by atoms with van der Waals surface area (Å²) in [5.74, 6) is 0.0341.